The van der Waals surface area contributed by atoms with E-state index >= 15 is 0 Å². The summed E-state index contributed by atoms with van der Waals surface area (Å²) < 4.78 is 4.83. The summed E-state index contributed by atoms with van der Waals surface area (Å²) in [5.41, 5.74) is 4.84. The molecule has 0 unspecified atom stereocenters. The van der Waals surface area contributed by atoms with E-state index in [1.807, 2.05) is 42.5 Å². The number of nitrogens with zero attached hydrogens (tertiary/aromatic N) is 2. The molecular formula is C22H24N2O2. The van der Waals surface area contributed by atoms with Crippen LogP contribution in [0.15, 0.2) is 42.5 Å². The average Bonchev–Trinajstić information content (AvgIpc) is 2.69. The predicted molar refractivity (Wildman–Crippen MR) is 102 cm³/mol. The van der Waals surface area contributed by atoms with Crippen molar-refractivity contribution in [2.75, 3.05) is 25.1 Å². The van der Waals surface area contributed by atoms with E-state index in [9.17, 15) is 10.1 Å². The Kier molecular flexibility index (Phi) is 5.58. The molecule has 0 radical (unpaired) electrons. The van der Waals surface area contributed by atoms with Crippen LogP contribution < -0.4 is 4.90 Å². The number of rotatable bonds is 4. The van der Waals surface area contributed by atoms with Gasteiger partial charge in [0, 0.05) is 13.1 Å². The van der Waals surface area contributed by atoms with Crippen LogP contribution in [-0.4, -0.2) is 26.2 Å². The summed E-state index contributed by atoms with van der Waals surface area (Å²) in [5, 5.41) is 9.30. The van der Waals surface area contributed by atoms with Crippen LogP contribution in [0.25, 0.3) is 0 Å². The van der Waals surface area contributed by atoms with Gasteiger partial charge < -0.3 is 9.64 Å². The number of anilines is 1. The van der Waals surface area contributed by atoms with Gasteiger partial charge in [-0.05, 0) is 67.5 Å². The topological polar surface area (TPSA) is 53.3 Å². The molecule has 0 saturated carbocycles. The van der Waals surface area contributed by atoms with Crippen molar-refractivity contribution in [1.29, 1.82) is 5.26 Å². The van der Waals surface area contributed by atoms with Gasteiger partial charge >= 0.3 is 5.97 Å². The first kappa shape index (κ1) is 18.0. The smallest absolute Gasteiger partial charge is 0.337 e. The van der Waals surface area contributed by atoms with Crippen LogP contribution in [0.4, 0.5) is 5.69 Å². The minimum Gasteiger partial charge on any atom is -0.465 e. The number of benzene rings is 2. The molecule has 1 heterocycles. The Balaban J connectivity index is 1.66. The SMILES string of the molecule is COC(=O)c1ccc(C)c(CC2CCN(c3ccccc3C#N)CC2)c1. The number of carbonyl (C=O) groups is 1. The third-order valence-corrected chi connectivity index (χ3v) is 5.26. The third kappa shape index (κ3) is 3.88. The lowest BCUT2D eigenvalue weighted by Gasteiger charge is -2.34. The molecule has 0 spiro atoms. The van der Waals surface area contributed by atoms with Crippen LogP contribution in [0.5, 0.6) is 0 Å². The number of hydrogen-bond donors (Lipinski definition) is 0. The van der Waals surface area contributed by atoms with Gasteiger partial charge in [-0.15, -0.1) is 0 Å². The number of ether oxygens (including phenoxy) is 1. The summed E-state index contributed by atoms with van der Waals surface area (Å²) >= 11 is 0. The lowest BCUT2D eigenvalue weighted by molar-refractivity contribution is 0.0600. The van der Waals surface area contributed by atoms with Gasteiger partial charge in [0.15, 0.2) is 0 Å². The Morgan fingerprint density at radius 1 is 1.23 bits per heavy atom. The summed E-state index contributed by atoms with van der Waals surface area (Å²) in [6, 6.07) is 15.9. The van der Waals surface area contributed by atoms with Crippen molar-refractivity contribution in [3.05, 3.63) is 64.7 Å². The first-order valence-corrected chi connectivity index (χ1v) is 9.04. The van der Waals surface area contributed by atoms with Gasteiger partial charge in [-0.1, -0.05) is 18.2 Å². The normalized spacial score (nSPS) is 14.7. The molecule has 0 aliphatic carbocycles. The van der Waals surface area contributed by atoms with E-state index < -0.39 is 0 Å². The monoisotopic (exact) mass is 348 g/mol. The van der Waals surface area contributed by atoms with Crippen molar-refractivity contribution < 1.29 is 9.53 Å². The highest BCUT2D eigenvalue weighted by molar-refractivity contribution is 5.89. The zero-order chi connectivity index (χ0) is 18.5. The Hall–Kier alpha value is -2.80. The number of hydrogen-bond acceptors (Lipinski definition) is 4. The van der Waals surface area contributed by atoms with Gasteiger partial charge in [0.05, 0.1) is 23.9 Å². The fraction of sp³-hybridized carbons (Fsp3) is 0.364. The van der Waals surface area contributed by atoms with Crippen molar-refractivity contribution in [1.82, 2.24) is 0 Å². The maximum atomic E-state index is 11.8. The van der Waals surface area contributed by atoms with E-state index in [4.69, 9.17) is 4.74 Å². The summed E-state index contributed by atoms with van der Waals surface area (Å²) in [6.45, 7) is 4.01. The van der Waals surface area contributed by atoms with Gasteiger partial charge in [-0.3, -0.25) is 0 Å². The minimum absolute atomic E-state index is 0.283. The first-order valence-electron chi connectivity index (χ1n) is 9.04. The molecular weight excluding hydrogens is 324 g/mol. The molecule has 2 aromatic carbocycles. The van der Waals surface area contributed by atoms with Crippen molar-refractivity contribution in [3.8, 4) is 6.07 Å². The highest BCUT2D eigenvalue weighted by Gasteiger charge is 2.22. The molecule has 0 atom stereocenters. The molecule has 0 N–H and O–H groups in total. The molecule has 0 amide bonds. The number of esters is 1. The van der Waals surface area contributed by atoms with Crippen molar-refractivity contribution in [2.45, 2.75) is 26.2 Å². The maximum absolute atomic E-state index is 11.8. The summed E-state index contributed by atoms with van der Waals surface area (Å²) in [6.07, 6.45) is 3.15. The van der Waals surface area contributed by atoms with Gasteiger partial charge in [0.2, 0.25) is 0 Å². The van der Waals surface area contributed by atoms with Crippen LogP contribution in [0, 0.1) is 24.2 Å². The Labute approximate surface area is 155 Å². The molecule has 2 aromatic rings. The van der Waals surface area contributed by atoms with Crippen LogP contribution in [-0.2, 0) is 11.2 Å². The summed E-state index contributed by atoms with van der Waals surface area (Å²) in [4.78, 5) is 14.1. The molecule has 0 aromatic heterocycles. The van der Waals surface area contributed by atoms with Crippen LogP contribution in [0.2, 0.25) is 0 Å². The summed E-state index contributed by atoms with van der Waals surface area (Å²) in [5.74, 6) is 0.307. The van der Waals surface area contributed by atoms with Gasteiger partial charge in [0.1, 0.15) is 6.07 Å². The number of nitriles is 1. The Bertz CT molecular complexity index is 830. The van der Waals surface area contributed by atoms with Gasteiger partial charge in [-0.2, -0.15) is 5.26 Å². The van der Waals surface area contributed by atoms with E-state index in [2.05, 4.69) is 17.9 Å². The molecule has 0 bridgehead atoms. The molecule has 134 valence electrons. The Morgan fingerprint density at radius 2 is 1.96 bits per heavy atom. The second-order valence-corrected chi connectivity index (χ2v) is 6.90. The molecule has 1 saturated heterocycles. The summed E-state index contributed by atoms with van der Waals surface area (Å²) in [7, 11) is 1.41. The van der Waals surface area contributed by atoms with E-state index in [1.165, 1.54) is 18.2 Å². The lowest BCUT2D eigenvalue weighted by Crippen LogP contribution is -2.34. The van der Waals surface area contributed by atoms with Crippen LogP contribution >= 0.6 is 0 Å². The predicted octanol–water partition coefficient (Wildman–Crippen LogP) is 4.11. The quantitative estimate of drug-likeness (QED) is 0.780. The molecule has 3 rings (SSSR count). The third-order valence-electron chi connectivity index (χ3n) is 5.26. The van der Waals surface area contributed by atoms with Crippen LogP contribution in [0.1, 0.15) is 39.9 Å². The van der Waals surface area contributed by atoms with Gasteiger partial charge in [0.25, 0.3) is 0 Å². The fourth-order valence-corrected chi connectivity index (χ4v) is 3.67. The average molecular weight is 348 g/mol. The first-order chi connectivity index (χ1) is 12.6. The fourth-order valence-electron chi connectivity index (χ4n) is 3.67. The molecule has 1 fully saturated rings. The number of para-hydroxylation sites is 1. The standard InChI is InChI=1S/C22H24N2O2/c1-16-7-8-18(22(25)26-2)14-20(16)13-17-9-11-24(12-10-17)21-6-4-3-5-19(21)15-23/h3-8,14,17H,9-13H2,1-2H3. The second-order valence-electron chi connectivity index (χ2n) is 6.90. The largest absolute Gasteiger partial charge is 0.465 e. The number of carbonyl (C=O) groups excluding carboxylic acids is 1. The minimum atomic E-state index is -0.283. The number of aryl methyl sites for hydroxylation is 1. The molecule has 4 nitrogen and oxygen atoms in total. The maximum Gasteiger partial charge on any atom is 0.337 e. The zero-order valence-electron chi connectivity index (χ0n) is 15.4. The van der Waals surface area contributed by atoms with Crippen molar-refractivity contribution in [3.63, 3.8) is 0 Å². The van der Waals surface area contributed by atoms with Crippen molar-refractivity contribution >= 4 is 11.7 Å². The Morgan fingerprint density at radius 3 is 2.65 bits per heavy atom. The molecule has 26 heavy (non-hydrogen) atoms. The van der Waals surface area contributed by atoms with E-state index in [0.717, 1.165) is 43.6 Å². The van der Waals surface area contributed by atoms with E-state index in [1.54, 1.807) is 0 Å². The number of piperidine rings is 1. The zero-order valence-corrected chi connectivity index (χ0v) is 15.4. The molecule has 1 aliphatic rings. The highest BCUT2D eigenvalue weighted by Crippen LogP contribution is 2.28. The lowest BCUT2D eigenvalue weighted by atomic mass is 9.87. The highest BCUT2D eigenvalue weighted by atomic mass is 16.5. The molecule has 4 heteroatoms. The second kappa shape index (κ2) is 8.05. The van der Waals surface area contributed by atoms with Crippen molar-refractivity contribution in [2.24, 2.45) is 5.92 Å². The van der Waals surface area contributed by atoms with Crippen LogP contribution in [0.3, 0.4) is 0 Å². The van der Waals surface area contributed by atoms with E-state index in [-0.39, 0.29) is 5.97 Å². The molecule has 1 aliphatic heterocycles. The number of methoxy groups -OCH3 is 1. The van der Waals surface area contributed by atoms with E-state index in [0.29, 0.717) is 11.5 Å². The van der Waals surface area contributed by atoms with Gasteiger partial charge in [-0.25, -0.2) is 4.79 Å².